The van der Waals surface area contributed by atoms with Crippen LogP contribution in [0.25, 0.3) is 10.9 Å². The highest BCUT2D eigenvalue weighted by Crippen LogP contribution is 2.33. The predicted molar refractivity (Wildman–Crippen MR) is 110 cm³/mol. The van der Waals surface area contributed by atoms with Crippen molar-refractivity contribution < 1.29 is 18.1 Å². The van der Waals surface area contributed by atoms with E-state index in [0.717, 1.165) is 24.0 Å². The number of anilines is 2. The van der Waals surface area contributed by atoms with Crippen molar-refractivity contribution in [3.63, 3.8) is 0 Å². The molecule has 0 radical (unpaired) electrons. The summed E-state index contributed by atoms with van der Waals surface area (Å²) in [6, 6.07) is 7.89. The van der Waals surface area contributed by atoms with Crippen molar-refractivity contribution in [1.29, 1.82) is 0 Å². The first kappa shape index (κ1) is 19.5. The lowest BCUT2D eigenvalue weighted by Gasteiger charge is -2.26. The summed E-state index contributed by atoms with van der Waals surface area (Å²) in [4.78, 5) is 8.66. The van der Waals surface area contributed by atoms with Crippen molar-refractivity contribution in [2.24, 2.45) is 4.36 Å². The number of hydrogen-bond donors (Lipinski definition) is 1. The Bertz CT molecular complexity index is 1140. The van der Waals surface area contributed by atoms with E-state index in [-0.39, 0.29) is 11.9 Å². The van der Waals surface area contributed by atoms with E-state index in [1.165, 1.54) is 24.7 Å². The monoisotopic (exact) mass is 415 g/mol. The highest BCUT2D eigenvalue weighted by atomic mass is 32.2. The van der Waals surface area contributed by atoms with Crippen LogP contribution in [0.15, 0.2) is 41.0 Å². The van der Waals surface area contributed by atoms with Crippen LogP contribution in [0.1, 0.15) is 12.0 Å². The number of ether oxygens (including phenoxy) is 2. The number of aromatic nitrogens is 2. The van der Waals surface area contributed by atoms with Crippen molar-refractivity contribution in [2.75, 3.05) is 24.8 Å². The highest BCUT2D eigenvalue weighted by Gasteiger charge is 2.20. The fourth-order valence-corrected chi connectivity index (χ4v) is 3.52. The van der Waals surface area contributed by atoms with Crippen molar-refractivity contribution in [1.82, 2.24) is 9.97 Å². The average Bonchev–Trinajstić information content (AvgIpc) is 2.62. The fourth-order valence-electron chi connectivity index (χ4n) is 3.11. The van der Waals surface area contributed by atoms with Gasteiger partial charge in [-0.1, -0.05) is 0 Å². The summed E-state index contributed by atoms with van der Waals surface area (Å²) in [6.07, 6.45) is 3.92. The standard InChI is InChI=1S/C20H20FN4O3S/c1-12-7-14(25-29(2)26)9-17-19(12)20(23-11-22-17)24-16-4-3-13(21)8-18(16)28-10-15-5-6-27-15/h3-4,7-9,11,15H,5-6,10H2,1-2H3,(H,22,23,24)/q-1. The Morgan fingerprint density at radius 1 is 1.34 bits per heavy atom. The Kier molecular flexibility index (Phi) is 5.59. The molecule has 1 aliphatic rings. The molecule has 4 rings (SSSR count). The molecule has 7 nitrogen and oxygen atoms in total. The van der Waals surface area contributed by atoms with Gasteiger partial charge in [-0.3, -0.25) is 0 Å². The molecule has 1 saturated heterocycles. The molecule has 0 spiro atoms. The van der Waals surface area contributed by atoms with Crippen LogP contribution in [0.5, 0.6) is 5.75 Å². The molecular weight excluding hydrogens is 395 g/mol. The van der Waals surface area contributed by atoms with Crippen LogP contribution < -0.4 is 10.1 Å². The number of hydrogen-bond acceptors (Lipinski definition) is 8. The van der Waals surface area contributed by atoms with Gasteiger partial charge in [0.2, 0.25) is 0 Å². The molecule has 1 aromatic heterocycles. The Hall–Kier alpha value is -2.78. The summed E-state index contributed by atoms with van der Waals surface area (Å²) in [5.74, 6) is 0.563. The second-order valence-corrected chi connectivity index (χ2v) is 7.78. The van der Waals surface area contributed by atoms with Gasteiger partial charge in [-0.2, -0.15) is 10.6 Å². The molecule has 0 aliphatic carbocycles. The average molecular weight is 415 g/mol. The summed E-state index contributed by atoms with van der Waals surface area (Å²) < 4.78 is 40.4. The maximum absolute atomic E-state index is 13.8. The number of halogens is 1. The number of nitrogens with zero attached hydrogens (tertiary/aromatic N) is 3. The molecule has 0 bridgehead atoms. The van der Waals surface area contributed by atoms with Crippen LogP contribution >= 0.6 is 0 Å². The zero-order chi connectivity index (χ0) is 20.4. The smallest absolute Gasteiger partial charge is 0.145 e. The van der Waals surface area contributed by atoms with Gasteiger partial charge in [0, 0.05) is 30.2 Å². The van der Waals surface area contributed by atoms with E-state index >= 15 is 0 Å². The summed E-state index contributed by atoms with van der Waals surface area (Å²) in [7, 11) is -1.31. The van der Waals surface area contributed by atoms with E-state index in [2.05, 4.69) is 19.6 Å². The van der Waals surface area contributed by atoms with Gasteiger partial charge in [-0.05, 0) is 36.8 Å². The number of fused-ring (bicyclic) bond motifs is 1. The zero-order valence-corrected chi connectivity index (χ0v) is 16.8. The lowest BCUT2D eigenvalue weighted by atomic mass is 10.1. The highest BCUT2D eigenvalue weighted by molar-refractivity contribution is 7.74. The van der Waals surface area contributed by atoms with Gasteiger partial charge < -0.3 is 23.4 Å². The lowest BCUT2D eigenvalue weighted by Crippen LogP contribution is -2.32. The molecule has 2 heterocycles. The minimum absolute atomic E-state index is 0.0412. The first-order valence-electron chi connectivity index (χ1n) is 9.11. The Labute approximate surface area is 169 Å². The van der Waals surface area contributed by atoms with Gasteiger partial charge >= 0.3 is 0 Å². The van der Waals surface area contributed by atoms with E-state index in [1.54, 1.807) is 12.1 Å². The molecule has 1 atom stereocenters. The topological polar surface area (TPSA) is 85.7 Å². The Morgan fingerprint density at radius 2 is 2.17 bits per heavy atom. The van der Waals surface area contributed by atoms with Crippen LogP contribution in [0.2, 0.25) is 0 Å². The molecule has 1 N–H and O–H groups in total. The van der Waals surface area contributed by atoms with Crippen LogP contribution in [-0.4, -0.2) is 35.5 Å². The van der Waals surface area contributed by atoms with Crippen LogP contribution in [0.3, 0.4) is 0 Å². The fraction of sp³-hybridized carbons (Fsp3) is 0.300. The van der Waals surface area contributed by atoms with Crippen molar-refractivity contribution >= 4 is 38.7 Å². The van der Waals surface area contributed by atoms with Crippen molar-refractivity contribution in [2.45, 2.75) is 19.4 Å². The van der Waals surface area contributed by atoms with Crippen LogP contribution in [0.4, 0.5) is 21.6 Å². The molecule has 1 fully saturated rings. The minimum Gasteiger partial charge on any atom is -0.489 e. The third kappa shape index (κ3) is 4.46. The number of benzene rings is 2. The van der Waals surface area contributed by atoms with Gasteiger partial charge in [0.15, 0.2) is 0 Å². The maximum Gasteiger partial charge on any atom is 0.145 e. The van der Waals surface area contributed by atoms with Crippen molar-refractivity contribution in [3.8, 4) is 5.75 Å². The maximum atomic E-state index is 13.8. The summed E-state index contributed by atoms with van der Waals surface area (Å²) in [6.45, 7) is 3.00. The van der Waals surface area contributed by atoms with E-state index < -0.39 is 10.6 Å². The van der Waals surface area contributed by atoms with Gasteiger partial charge in [0.25, 0.3) is 0 Å². The molecule has 1 unspecified atom stereocenters. The normalized spacial score (nSPS) is 17.1. The van der Waals surface area contributed by atoms with E-state index in [9.17, 15) is 8.60 Å². The van der Waals surface area contributed by atoms with Crippen LogP contribution in [0, 0.1) is 12.7 Å². The quantitative estimate of drug-likeness (QED) is 0.601. The number of nitrogens with one attached hydrogen (secondary N) is 1. The SMILES string of the molecule is Cc1cc(N=[S-](C)=O)cc2ncnc(Nc3ccc(F)cc3OCC3CCO3)c12. The minimum atomic E-state index is -1.31. The van der Waals surface area contributed by atoms with Gasteiger partial charge in [-0.25, -0.2) is 14.4 Å². The second kappa shape index (κ2) is 8.30. The molecule has 9 heteroatoms. The number of aryl methyl sites for hydroxylation is 1. The first-order chi connectivity index (χ1) is 14.0. The van der Waals surface area contributed by atoms with E-state index in [1.807, 2.05) is 13.0 Å². The molecule has 2 aromatic carbocycles. The lowest BCUT2D eigenvalue weighted by molar-refractivity contribution is -0.0720. The summed E-state index contributed by atoms with van der Waals surface area (Å²) >= 11 is 0. The predicted octanol–water partition coefficient (Wildman–Crippen LogP) is 4.40. The molecule has 0 saturated carbocycles. The Morgan fingerprint density at radius 3 is 2.90 bits per heavy atom. The van der Waals surface area contributed by atoms with Crippen LogP contribution in [-0.2, 0) is 19.5 Å². The largest absolute Gasteiger partial charge is 0.489 e. The van der Waals surface area contributed by atoms with E-state index in [0.29, 0.717) is 35.1 Å². The molecule has 3 aromatic rings. The molecule has 1 aliphatic heterocycles. The summed E-state index contributed by atoms with van der Waals surface area (Å²) in [5, 5.41) is 4.03. The third-order valence-corrected chi connectivity index (χ3v) is 5.04. The molecular formula is C20H20FN4O3S-. The van der Waals surface area contributed by atoms with Gasteiger partial charge in [0.05, 0.1) is 17.3 Å². The summed E-state index contributed by atoms with van der Waals surface area (Å²) in [5.41, 5.74) is 2.72. The molecule has 29 heavy (non-hydrogen) atoms. The third-order valence-electron chi connectivity index (χ3n) is 4.57. The molecule has 152 valence electrons. The van der Waals surface area contributed by atoms with Gasteiger partial charge in [0.1, 0.15) is 30.3 Å². The second-order valence-electron chi connectivity index (χ2n) is 6.75. The first-order valence-corrected chi connectivity index (χ1v) is 10.6. The van der Waals surface area contributed by atoms with Crippen molar-refractivity contribution in [3.05, 3.63) is 48.0 Å². The zero-order valence-electron chi connectivity index (χ0n) is 16.0. The van der Waals surface area contributed by atoms with Gasteiger partial charge in [-0.15, -0.1) is 6.26 Å². The van der Waals surface area contributed by atoms with E-state index in [4.69, 9.17) is 9.47 Å². The molecule has 0 amide bonds. The Balaban J connectivity index is 1.69. The number of rotatable bonds is 6.